The fraction of sp³-hybridized carbons (Fsp3) is 0.400. The van der Waals surface area contributed by atoms with Crippen LogP contribution in [0.1, 0.15) is 49.4 Å². The molecule has 0 aliphatic heterocycles. The van der Waals surface area contributed by atoms with E-state index in [1.165, 1.54) is 11.1 Å². The van der Waals surface area contributed by atoms with Gasteiger partial charge in [0.1, 0.15) is 5.69 Å². The van der Waals surface area contributed by atoms with Gasteiger partial charge >= 0.3 is 0 Å². The minimum Gasteiger partial charge on any atom is -0.386 e. The Kier molecular flexibility index (Phi) is 6.94. The fourth-order valence-corrected chi connectivity index (χ4v) is 2.68. The summed E-state index contributed by atoms with van der Waals surface area (Å²) in [7, 11) is 1.89. The van der Waals surface area contributed by atoms with Crippen molar-refractivity contribution in [1.82, 2.24) is 4.98 Å². The molecule has 0 aliphatic rings. The van der Waals surface area contributed by atoms with Crippen molar-refractivity contribution in [2.45, 2.75) is 39.2 Å². The zero-order valence-corrected chi connectivity index (χ0v) is 14.8. The third kappa shape index (κ3) is 4.90. The summed E-state index contributed by atoms with van der Waals surface area (Å²) in [6.45, 7) is 5.58. The van der Waals surface area contributed by atoms with E-state index in [0.29, 0.717) is 31.3 Å². The number of pyridine rings is 1. The van der Waals surface area contributed by atoms with Gasteiger partial charge in [-0.3, -0.25) is 4.98 Å². The lowest BCUT2D eigenvalue weighted by Gasteiger charge is -2.16. The Labute approximate surface area is 144 Å². The Bertz CT molecular complexity index is 653. The van der Waals surface area contributed by atoms with Crippen molar-refractivity contribution in [3.63, 3.8) is 0 Å². The first kappa shape index (κ1) is 18.1. The minimum absolute atomic E-state index is 0.399. The van der Waals surface area contributed by atoms with Crippen LogP contribution in [0.2, 0.25) is 0 Å². The van der Waals surface area contributed by atoms with Crippen LogP contribution in [-0.4, -0.2) is 24.4 Å². The molecule has 0 bridgehead atoms. The number of benzene rings is 1. The van der Waals surface area contributed by atoms with E-state index < -0.39 is 0 Å². The molecule has 0 amide bonds. The number of hydrogen-bond acceptors (Lipinski definition) is 4. The first-order valence-electron chi connectivity index (χ1n) is 8.49. The molecule has 0 radical (unpaired) electrons. The topological polar surface area (TPSA) is 58.0 Å². The maximum absolute atomic E-state index is 8.35. The molecule has 2 N–H and O–H groups in total. The number of ether oxygens (including phenoxy) is 1. The molecular formula is C20H27N3O. The molecule has 128 valence electrons. The van der Waals surface area contributed by atoms with Gasteiger partial charge in [-0.1, -0.05) is 44.2 Å². The Morgan fingerprint density at radius 1 is 1.21 bits per heavy atom. The molecule has 4 heteroatoms. The average Bonchev–Trinajstić information content (AvgIpc) is 2.61. The molecule has 4 nitrogen and oxygen atoms in total. The molecule has 0 atom stereocenters. The van der Waals surface area contributed by atoms with Crippen LogP contribution in [0.3, 0.4) is 0 Å². The third-order valence-electron chi connectivity index (χ3n) is 3.97. The summed E-state index contributed by atoms with van der Waals surface area (Å²) in [4.78, 5) is 4.41. The van der Waals surface area contributed by atoms with Crippen molar-refractivity contribution in [1.29, 1.82) is 5.41 Å². The quantitative estimate of drug-likeness (QED) is 0.523. The zero-order chi connectivity index (χ0) is 17.4. The summed E-state index contributed by atoms with van der Waals surface area (Å²) < 4.78 is 5.69. The summed E-state index contributed by atoms with van der Waals surface area (Å²) in [5.74, 6) is 0.399. The monoisotopic (exact) mass is 325 g/mol. The summed E-state index contributed by atoms with van der Waals surface area (Å²) in [6.07, 6.45) is 3.28. The van der Waals surface area contributed by atoms with Gasteiger partial charge in [-0.25, -0.2) is 0 Å². The van der Waals surface area contributed by atoms with E-state index in [0.717, 1.165) is 17.8 Å². The van der Waals surface area contributed by atoms with Gasteiger partial charge in [-0.2, -0.15) is 0 Å². The Hall–Kier alpha value is -2.20. The minimum atomic E-state index is 0.399. The van der Waals surface area contributed by atoms with Crippen LogP contribution in [0.25, 0.3) is 0 Å². The van der Waals surface area contributed by atoms with Gasteiger partial charge in [-0.15, -0.1) is 0 Å². The van der Waals surface area contributed by atoms with E-state index in [2.05, 4.69) is 36.3 Å². The van der Waals surface area contributed by atoms with Crippen molar-refractivity contribution >= 4 is 11.4 Å². The van der Waals surface area contributed by atoms with Crippen molar-refractivity contribution in [2.75, 3.05) is 19.0 Å². The molecule has 24 heavy (non-hydrogen) atoms. The van der Waals surface area contributed by atoms with E-state index in [9.17, 15) is 0 Å². The first-order valence-corrected chi connectivity index (χ1v) is 8.49. The zero-order valence-electron chi connectivity index (χ0n) is 14.8. The van der Waals surface area contributed by atoms with Crippen LogP contribution < -0.4 is 5.32 Å². The van der Waals surface area contributed by atoms with Gasteiger partial charge in [0.25, 0.3) is 0 Å². The van der Waals surface area contributed by atoms with Crippen molar-refractivity contribution < 1.29 is 4.74 Å². The van der Waals surface area contributed by atoms with Crippen molar-refractivity contribution in [3.8, 4) is 0 Å². The molecule has 0 unspecified atom stereocenters. The molecule has 0 saturated heterocycles. The van der Waals surface area contributed by atoms with Gasteiger partial charge in [-0.05, 0) is 36.0 Å². The third-order valence-corrected chi connectivity index (χ3v) is 3.97. The molecule has 0 aliphatic carbocycles. The van der Waals surface area contributed by atoms with E-state index in [4.69, 9.17) is 10.1 Å². The molecule has 1 aromatic heterocycles. The van der Waals surface area contributed by atoms with Crippen LogP contribution in [0, 0.1) is 5.41 Å². The van der Waals surface area contributed by atoms with Crippen LogP contribution in [0.15, 0.2) is 42.6 Å². The Morgan fingerprint density at radius 3 is 2.62 bits per heavy atom. The highest BCUT2D eigenvalue weighted by Gasteiger charge is 2.14. The summed E-state index contributed by atoms with van der Waals surface area (Å²) in [5, 5.41) is 11.6. The van der Waals surface area contributed by atoms with Crippen LogP contribution >= 0.6 is 0 Å². The van der Waals surface area contributed by atoms with E-state index in [1.54, 1.807) is 6.20 Å². The SMILES string of the molecule is CNc1c(C(C)C)ccnc1C(=N)CCCOCc1ccccc1. The Morgan fingerprint density at radius 2 is 1.96 bits per heavy atom. The highest BCUT2D eigenvalue weighted by atomic mass is 16.5. The second-order valence-electron chi connectivity index (χ2n) is 6.15. The predicted octanol–water partition coefficient (Wildman–Crippen LogP) is 4.61. The molecular weight excluding hydrogens is 298 g/mol. The smallest absolute Gasteiger partial charge is 0.107 e. The predicted molar refractivity (Wildman–Crippen MR) is 100 cm³/mol. The second-order valence-corrected chi connectivity index (χ2v) is 6.15. The van der Waals surface area contributed by atoms with Gasteiger partial charge in [0.2, 0.25) is 0 Å². The number of rotatable bonds is 9. The standard InChI is InChI=1S/C20H27N3O/c1-15(2)17-11-12-23-20(19(17)22-3)18(21)10-7-13-24-14-16-8-5-4-6-9-16/h4-6,8-9,11-12,15,21-22H,7,10,13-14H2,1-3H3. The molecule has 0 spiro atoms. The van der Waals surface area contributed by atoms with Gasteiger partial charge in [0, 0.05) is 19.9 Å². The summed E-state index contributed by atoms with van der Waals surface area (Å²) in [5.41, 5.74) is 4.67. The van der Waals surface area contributed by atoms with E-state index in [1.807, 2.05) is 31.3 Å². The number of aromatic nitrogens is 1. The maximum atomic E-state index is 8.35. The van der Waals surface area contributed by atoms with Crippen LogP contribution in [0.4, 0.5) is 5.69 Å². The number of anilines is 1. The maximum Gasteiger partial charge on any atom is 0.107 e. The van der Waals surface area contributed by atoms with Crippen molar-refractivity contribution in [3.05, 3.63) is 59.4 Å². The van der Waals surface area contributed by atoms with Gasteiger partial charge < -0.3 is 15.5 Å². The second kappa shape index (κ2) is 9.18. The molecule has 1 heterocycles. The van der Waals surface area contributed by atoms with E-state index in [-0.39, 0.29) is 0 Å². The van der Waals surface area contributed by atoms with Crippen LogP contribution in [-0.2, 0) is 11.3 Å². The largest absolute Gasteiger partial charge is 0.386 e. The molecule has 0 fully saturated rings. The Balaban J connectivity index is 1.85. The molecule has 2 aromatic rings. The first-order chi connectivity index (χ1) is 11.6. The molecule has 1 aromatic carbocycles. The molecule has 0 saturated carbocycles. The highest BCUT2D eigenvalue weighted by Crippen LogP contribution is 2.26. The lowest BCUT2D eigenvalue weighted by molar-refractivity contribution is 0.120. The highest BCUT2D eigenvalue weighted by molar-refractivity contribution is 6.01. The van der Waals surface area contributed by atoms with Gasteiger partial charge in [0.15, 0.2) is 0 Å². The normalized spacial score (nSPS) is 10.8. The number of nitrogens with zero attached hydrogens (tertiary/aromatic N) is 1. The average molecular weight is 325 g/mol. The molecule has 2 rings (SSSR count). The summed E-state index contributed by atoms with van der Waals surface area (Å²) >= 11 is 0. The van der Waals surface area contributed by atoms with Crippen LogP contribution in [0.5, 0.6) is 0 Å². The van der Waals surface area contributed by atoms with E-state index >= 15 is 0 Å². The lowest BCUT2D eigenvalue weighted by Crippen LogP contribution is -2.11. The fourth-order valence-electron chi connectivity index (χ4n) is 2.68. The number of nitrogens with one attached hydrogen (secondary N) is 2. The lowest BCUT2D eigenvalue weighted by atomic mass is 9.98. The van der Waals surface area contributed by atoms with Gasteiger partial charge in [0.05, 0.1) is 18.0 Å². The van der Waals surface area contributed by atoms with Crippen molar-refractivity contribution in [2.24, 2.45) is 0 Å². The number of hydrogen-bond donors (Lipinski definition) is 2. The summed E-state index contributed by atoms with van der Waals surface area (Å²) in [6, 6.07) is 12.2.